The molecule has 1 amide bonds. The Morgan fingerprint density at radius 1 is 1.29 bits per heavy atom. The smallest absolute Gasteiger partial charge is 0.335 e. The van der Waals surface area contributed by atoms with E-state index in [-0.39, 0.29) is 16.4 Å². The van der Waals surface area contributed by atoms with Crippen LogP contribution in [-0.2, 0) is 14.8 Å². The topological polar surface area (TPSA) is 113 Å². The van der Waals surface area contributed by atoms with E-state index in [0.717, 1.165) is 6.07 Å². The summed E-state index contributed by atoms with van der Waals surface area (Å²) in [7, 11) is -3.92. The van der Waals surface area contributed by atoms with Gasteiger partial charge in [-0.1, -0.05) is 19.9 Å². The minimum Gasteiger partial charge on any atom is -0.478 e. The summed E-state index contributed by atoms with van der Waals surface area (Å²) in [6.07, 6.45) is 0. The number of nitrogens with one attached hydrogen (secondary N) is 2. The molecule has 8 heteroatoms. The van der Waals surface area contributed by atoms with Gasteiger partial charge in [0.25, 0.3) is 0 Å². The summed E-state index contributed by atoms with van der Waals surface area (Å²) in [5, 5.41) is 11.4. The van der Waals surface area contributed by atoms with Crippen LogP contribution in [-0.4, -0.2) is 38.5 Å². The SMILES string of the molecule is CC(C)CNC(=O)CNS(=O)(=O)c1cccc(C(=O)O)c1. The highest BCUT2D eigenvalue weighted by atomic mass is 32.2. The fourth-order valence-electron chi connectivity index (χ4n) is 1.42. The summed E-state index contributed by atoms with van der Waals surface area (Å²) in [5.41, 5.74) is -0.137. The maximum absolute atomic E-state index is 12.0. The fourth-order valence-corrected chi connectivity index (χ4v) is 2.45. The number of hydrogen-bond donors (Lipinski definition) is 3. The molecule has 21 heavy (non-hydrogen) atoms. The molecular formula is C13H18N2O5S. The average molecular weight is 314 g/mol. The predicted octanol–water partition coefficient (Wildman–Crippen LogP) is 0.435. The molecule has 0 spiro atoms. The van der Waals surface area contributed by atoms with E-state index in [1.54, 1.807) is 0 Å². The zero-order valence-corrected chi connectivity index (χ0v) is 12.6. The summed E-state index contributed by atoms with van der Waals surface area (Å²) in [5.74, 6) is -1.40. The van der Waals surface area contributed by atoms with Gasteiger partial charge >= 0.3 is 5.97 Å². The van der Waals surface area contributed by atoms with E-state index in [0.29, 0.717) is 6.54 Å². The Hall–Kier alpha value is -1.93. The third-order valence-electron chi connectivity index (χ3n) is 2.52. The number of rotatable bonds is 7. The van der Waals surface area contributed by atoms with Crippen molar-refractivity contribution in [3.8, 4) is 0 Å². The van der Waals surface area contributed by atoms with Crippen LogP contribution in [0.15, 0.2) is 29.2 Å². The highest BCUT2D eigenvalue weighted by Gasteiger charge is 2.17. The van der Waals surface area contributed by atoms with Crippen LogP contribution < -0.4 is 10.0 Å². The Morgan fingerprint density at radius 2 is 1.95 bits per heavy atom. The third kappa shape index (κ3) is 5.52. The molecule has 0 bridgehead atoms. The summed E-state index contributed by atoms with van der Waals surface area (Å²) in [4.78, 5) is 22.1. The predicted molar refractivity (Wildman–Crippen MR) is 76.4 cm³/mol. The van der Waals surface area contributed by atoms with Crippen LogP contribution in [0.25, 0.3) is 0 Å². The van der Waals surface area contributed by atoms with Gasteiger partial charge in [0.2, 0.25) is 15.9 Å². The number of carboxylic acid groups (broad SMARTS) is 1. The zero-order valence-electron chi connectivity index (χ0n) is 11.8. The molecule has 0 aliphatic carbocycles. The molecule has 3 N–H and O–H groups in total. The van der Waals surface area contributed by atoms with Crippen molar-refractivity contribution in [1.29, 1.82) is 0 Å². The molecule has 0 fully saturated rings. The number of benzene rings is 1. The van der Waals surface area contributed by atoms with Gasteiger partial charge in [-0.25, -0.2) is 17.9 Å². The molecule has 7 nitrogen and oxygen atoms in total. The number of amides is 1. The molecule has 1 rings (SSSR count). The molecule has 0 radical (unpaired) electrons. The van der Waals surface area contributed by atoms with E-state index in [1.165, 1.54) is 18.2 Å². The van der Waals surface area contributed by atoms with Crippen LogP contribution in [0.3, 0.4) is 0 Å². The first-order chi connectivity index (χ1) is 9.72. The fraction of sp³-hybridized carbons (Fsp3) is 0.385. The van der Waals surface area contributed by atoms with Gasteiger partial charge in [0.1, 0.15) is 0 Å². The Bertz CT molecular complexity index is 625. The number of carbonyl (C=O) groups is 2. The van der Waals surface area contributed by atoms with E-state index in [9.17, 15) is 18.0 Å². The maximum atomic E-state index is 12.0. The van der Waals surface area contributed by atoms with Gasteiger partial charge in [-0.05, 0) is 24.1 Å². The lowest BCUT2D eigenvalue weighted by Gasteiger charge is -2.09. The zero-order chi connectivity index (χ0) is 16.0. The van der Waals surface area contributed by atoms with Crippen LogP contribution in [0.1, 0.15) is 24.2 Å². The lowest BCUT2D eigenvalue weighted by molar-refractivity contribution is -0.120. The van der Waals surface area contributed by atoms with Gasteiger partial charge in [-0.2, -0.15) is 0 Å². The summed E-state index contributed by atoms with van der Waals surface area (Å²) >= 11 is 0. The Labute approximate surface area is 123 Å². The van der Waals surface area contributed by atoms with Gasteiger partial charge < -0.3 is 10.4 Å². The first-order valence-electron chi connectivity index (χ1n) is 6.32. The first kappa shape index (κ1) is 17.1. The third-order valence-corrected chi connectivity index (χ3v) is 3.92. The van der Waals surface area contributed by atoms with E-state index >= 15 is 0 Å². The van der Waals surface area contributed by atoms with Crippen molar-refractivity contribution in [2.75, 3.05) is 13.1 Å². The monoisotopic (exact) mass is 314 g/mol. The number of carbonyl (C=O) groups excluding carboxylic acids is 1. The number of carboxylic acids is 1. The van der Waals surface area contributed by atoms with Crippen molar-refractivity contribution in [2.45, 2.75) is 18.7 Å². The van der Waals surface area contributed by atoms with Crippen LogP contribution in [0.2, 0.25) is 0 Å². The van der Waals surface area contributed by atoms with Crippen molar-refractivity contribution >= 4 is 21.9 Å². The lowest BCUT2D eigenvalue weighted by atomic mass is 10.2. The minimum atomic E-state index is -3.92. The van der Waals surface area contributed by atoms with Crippen molar-refractivity contribution in [2.24, 2.45) is 5.92 Å². The molecule has 0 aliphatic rings. The molecule has 0 heterocycles. The Kier molecular flexibility index (Phi) is 5.86. The number of aromatic carboxylic acids is 1. The molecule has 0 atom stereocenters. The summed E-state index contributed by atoms with van der Waals surface area (Å²) < 4.78 is 26.1. The Balaban J connectivity index is 2.71. The minimum absolute atomic E-state index is 0.137. The van der Waals surface area contributed by atoms with Crippen LogP contribution >= 0.6 is 0 Å². The highest BCUT2D eigenvalue weighted by Crippen LogP contribution is 2.11. The molecule has 0 saturated heterocycles. The number of hydrogen-bond acceptors (Lipinski definition) is 4. The molecule has 0 aromatic heterocycles. The van der Waals surface area contributed by atoms with Crippen LogP contribution in [0.5, 0.6) is 0 Å². The second-order valence-corrected chi connectivity index (χ2v) is 6.62. The van der Waals surface area contributed by atoms with Crippen molar-refractivity contribution in [3.63, 3.8) is 0 Å². The van der Waals surface area contributed by atoms with E-state index in [2.05, 4.69) is 10.0 Å². The van der Waals surface area contributed by atoms with Gasteiger partial charge in [-0.3, -0.25) is 4.79 Å². The maximum Gasteiger partial charge on any atom is 0.335 e. The van der Waals surface area contributed by atoms with Gasteiger partial charge in [0, 0.05) is 6.54 Å². The first-order valence-corrected chi connectivity index (χ1v) is 7.80. The van der Waals surface area contributed by atoms with E-state index in [4.69, 9.17) is 5.11 Å². The van der Waals surface area contributed by atoms with Crippen molar-refractivity contribution in [1.82, 2.24) is 10.0 Å². The quantitative estimate of drug-likeness (QED) is 0.676. The van der Waals surface area contributed by atoms with Gasteiger partial charge in [-0.15, -0.1) is 0 Å². The highest BCUT2D eigenvalue weighted by molar-refractivity contribution is 7.89. The summed E-state index contributed by atoms with van der Waals surface area (Å²) in [6, 6.07) is 4.92. The van der Waals surface area contributed by atoms with E-state index < -0.39 is 28.4 Å². The largest absolute Gasteiger partial charge is 0.478 e. The Morgan fingerprint density at radius 3 is 2.52 bits per heavy atom. The van der Waals surface area contributed by atoms with Crippen LogP contribution in [0.4, 0.5) is 0 Å². The van der Waals surface area contributed by atoms with Crippen molar-refractivity contribution < 1.29 is 23.1 Å². The van der Waals surface area contributed by atoms with E-state index in [1.807, 2.05) is 13.8 Å². The molecule has 116 valence electrons. The number of sulfonamides is 1. The molecule has 0 unspecified atom stereocenters. The van der Waals surface area contributed by atoms with Gasteiger partial charge in [0.15, 0.2) is 0 Å². The molecular weight excluding hydrogens is 296 g/mol. The molecule has 1 aromatic rings. The molecule has 1 aromatic carbocycles. The van der Waals surface area contributed by atoms with Crippen molar-refractivity contribution in [3.05, 3.63) is 29.8 Å². The van der Waals surface area contributed by atoms with Gasteiger partial charge in [0.05, 0.1) is 17.0 Å². The second-order valence-electron chi connectivity index (χ2n) is 4.86. The normalized spacial score (nSPS) is 11.4. The summed E-state index contributed by atoms with van der Waals surface area (Å²) in [6.45, 7) is 3.89. The lowest BCUT2D eigenvalue weighted by Crippen LogP contribution is -2.38. The molecule has 0 aliphatic heterocycles. The molecule has 0 saturated carbocycles. The van der Waals surface area contributed by atoms with Crippen LogP contribution in [0, 0.1) is 5.92 Å². The second kappa shape index (κ2) is 7.19. The standard InChI is InChI=1S/C13H18N2O5S/c1-9(2)7-14-12(16)8-15-21(19,20)11-5-3-4-10(6-11)13(17)18/h3-6,9,15H,7-8H2,1-2H3,(H,14,16)(H,17,18). The average Bonchev–Trinajstić information content (AvgIpc) is 2.43.